The molecule has 180 valence electrons. The number of aromatic hydroxyl groups is 1. The molecular formula is C26H30Cl2N3O3+. The van der Waals surface area contributed by atoms with Gasteiger partial charge in [-0.1, -0.05) is 35.3 Å². The van der Waals surface area contributed by atoms with Crippen LogP contribution >= 0.6 is 23.2 Å². The van der Waals surface area contributed by atoms with Gasteiger partial charge in [0.15, 0.2) is 11.5 Å². The molecule has 0 fully saturated rings. The Bertz CT molecular complexity index is 1180. The van der Waals surface area contributed by atoms with Crippen LogP contribution in [-0.4, -0.2) is 31.2 Å². The van der Waals surface area contributed by atoms with Gasteiger partial charge >= 0.3 is 0 Å². The van der Waals surface area contributed by atoms with Gasteiger partial charge in [0.25, 0.3) is 0 Å². The molecule has 0 unspecified atom stereocenters. The lowest BCUT2D eigenvalue weighted by atomic mass is 10.1. The number of benzene rings is 2. The second-order valence-corrected chi connectivity index (χ2v) is 8.67. The number of phenolic OH excluding ortho intramolecular Hbond substituents is 1. The van der Waals surface area contributed by atoms with Crippen LogP contribution in [0.4, 0.5) is 0 Å². The number of rotatable bonds is 11. The van der Waals surface area contributed by atoms with Gasteiger partial charge in [-0.05, 0) is 31.1 Å². The van der Waals surface area contributed by atoms with Crippen molar-refractivity contribution < 1.29 is 19.2 Å². The topological polar surface area (TPSA) is 88.5 Å². The lowest BCUT2D eigenvalue weighted by Gasteiger charge is -2.09. The number of methoxy groups -OCH3 is 1. The largest absolute Gasteiger partial charge is 0.503 e. The number of aryl methyl sites for hydroxylation is 1. The monoisotopic (exact) mass is 502 g/mol. The van der Waals surface area contributed by atoms with Crippen molar-refractivity contribution in [1.82, 2.24) is 5.32 Å². The normalized spacial score (nSPS) is 11.3. The van der Waals surface area contributed by atoms with Crippen molar-refractivity contribution in [2.24, 2.45) is 5.73 Å². The molecule has 0 aliphatic heterocycles. The number of amides is 1. The third-order valence-electron chi connectivity index (χ3n) is 5.56. The first-order valence-electron chi connectivity index (χ1n) is 11.3. The molecule has 3 aromatic rings. The molecule has 2 aromatic carbocycles. The van der Waals surface area contributed by atoms with Crippen molar-refractivity contribution in [2.75, 3.05) is 20.2 Å². The van der Waals surface area contributed by atoms with E-state index in [1.54, 1.807) is 12.1 Å². The number of halogens is 2. The quantitative estimate of drug-likeness (QED) is 0.255. The number of ether oxygens (including phenoxy) is 1. The lowest BCUT2D eigenvalue weighted by molar-refractivity contribution is -0.673. The maximum atomic E-state index is 11.8. The van der Waals surface area contributed by atoms with Crippen LogP contribution in [0.5, 0.6) is 11.5 Å². The van der Waals surface area contributed by atoms with E-state index < -0.39 is 0 Å². The Morgan fingerprint density at radius 2 is 1.94 bits per heavy atom. The molecule has 0 saturated carbocycles. The molecule has 0 atom stereocenters. The molecule has 0 spiro atoms. The summed E-state index contributed by atoms with van der Waals surface area (Å²) in [6.45, 7) is 1.76. The van der Waals surface area contributed by atoms with E-state index >= 15 is 0 Å². The number of hydrogen-bond donors (Lipinski definition) is 3. The Labute approximate surface area is 209 Å². The second kappa shape index (κ2) is 12.6. The SMILES string of the molecule is COc1cc(Cl)c(/C=C/c2ccc3ccccc3[n+]2CCCCCC(=O)NCCN)c(Cl)c1O. The van der Waals surface area contributed by atoms with Crippen molar-refractivity contribution in [3.8, 4) is 11.5 Å². The van der Waals surface area contributed by atoms with Gasteiger partial charge in [0.1, 0.15) is 6.54 Å². The molecule has 6 nitrogen and oxygen atoms in total. The Morgan fingerprint density at radius 1 is 1.15 bits per heavy atom. The summed E-state index contributed by atoms with van der Waals surface area (Å²) in [7, 11) is 1.45. The van der Waals surface area contributed by atoms with E-state index in [-0.39, 0.29) is 22.4 Å². The van der Waals surface area contributed by atoms with Crippen LogP contribution < -0.4 is 20.4 Å². The number of fused-ring (bicyclic) bond motifs is 1. The molecule has 34 heavy (non-hydrogen) atoms. The van der Waals surface area contributed by atoms with Crippen LogP contribution in [0.3, 0.4) is 0 Å². The highest BCUT2D eigenvalue weighted by molar-refractivity contribution is 6.38. The van der Waals surface area contributed by atoms with E-state index in [0.29, 0.717) is 30.1 Å². The zero-order valence-electron chi connectivity index (χ0n) is 19.2. The molecule has 1 amide bonds. The minimum Gasteiger partial charge on any atom is -0.503 e. The molecule has 1 heterocycles. The van der Waals surface area contributed by atoms with E-state index in [9.17, 15) is 9.90 Å². The van der Waals surface area contributed by atoms with Gasteiger partial charge < -0.3 is 20.9 Å². The van der Waals surface area contributed by atoms with E-state index in [1.165, 1.54) is 7.11 Å². The minimum absolute atomic E-state index is 0.0448. The van der Waals surface area contributed by atoms with Crippen LogP contribution in [0, 0.1) is 0 Å². The minimum atomic E-state index is -0.143. The molecule has 0 bridgehead atoms. The molecule has 1 aromatic heterocycles. The summed E-state index contributed by atoms with van der Waals surface area (Å²) in [6, 6.07) is 13.9. The predicted octanol–water partition coefficient (Wildman–Crippen LogP) is 4.95. The summed E-state index contributed by atoms with van der Waals surface area (Å²) >= 11 is 12.7. The second-order valence-electron chi connectivity index (χ2n) is 7.89. The Morgan fingerprint density at radius 3 is 2.71 bits per heavy atom. The molecule has 0 aliphatic carbocycles. The van der Waals surface area contributed by atoms with Gasteiger partial charge in [-0.3, -0.25) is 4.79 Å². The Kier molecular flexibility index (Phi) is 9.57. The molecule has 8 heteroatoms. The number of nitrogens with zero attached hydrogens (tertiary/aromatic N) is 1. The molecule has 4 N–H and O–H groups in total. The average Bonchev–Trinajstić information content (AvgIpc) is 2.85. The van der Waals surface area contributed by atoms with Crippen LogP contribution in [-0.2, 0) is 11.3 Å². The highest BCUT2D eigenvalue weighted by atomic mass is 35.5. The Balaban J connectivity index is 1.80. The van der Waals surface area contributed by atoms with Gasteiger partial charge in [0, 0.05) is 61.2 Å². The molecular weight excluding hydrogens is 473 g/mol. The molecule has 0 aliphatic rings. The number of carbonyl (C=O) groups excluding carboxylic acids is 1. The van der Waals surface area contributed by atoms with E-state index in [0.717, 1.165) is 42.4 Å². The molecule has 0 saturated heterocycles. The van der Waals surface area contributed by atoms with Crippen molar-refractivity contribution in [3.63, 3.8) is 0 Å². The summed E-state index contributed by atoms with van der Waals surface area (Å²) < 4.78 is 7.35. The zero-order chi connectivity index (χ0) is 24.5. The number of aromatic nitrogens is 1. The number of unbranched alkanes of at least 4 members (excludes halogenated alkanes) is 2. The van der Waals surface area contributed by atoms with Gasteiger partial charge in [-0.15, -0.1) is 0 Å². The summed E-state index contributed by atoms with van der Waals surface area (Å²) in [5.41, 5.74) is 8.02. The van der Waals surface area contributed by atoms with Gasteiger partial charge in [0.2, 0.25) is 17.1 Å². The van der Waals surface area contributed by atoms with Gasteiger partial charge in [0.05, 0.1) is 17.2 Å². The first-order valence-corrected chi connectivity index (χ1v) is 12.0. The smallest absolute Gasteiger partial charge is 0.220 e. The van der Waals surface area contributed by atoms with E-state index in [2.05, 4.69) is 28.1 Å². The van der Waals surface area contributed by atoms with E-state index in [1.807, 2.05) is 24.3 Å². The molecule has 0 radical (unpaired) electrons. The van der Waals surface area contributed by atoms with Crippen molar-refractivity contribution in [3.05, 3.63) is 63.8 Å². The van der Waals surface area contributed by atoms with Crippen LogP contribution in [0.25, 0.3) is 23.1 Å². The fourth-order valence-corrected chi connectivity index (χ4v) is 4.35. The average molecular weight is 503 g/mol. The highest BCUT2D eigenvalue weighted by Crippen LogP contribution is 2.41. The Hall–Kier alpha value is -2.80. The first kappa shape index (κ1) is 25.8. The summed E-state index contributed by atoms with van der Waals surface area (Å²) in [6.07, 6.45) is 6.92. The predicted molar refractivity (Wildman–Crippen MR) is 138 cm³/mol. The van der Waals surface area contributed by atoms with Crippen LogP contribution in [0.15, 0.2) is 42.5 Å². The molecule has 3 rings (SSSR count). The number of nitrogens with one attached hydrogen (secondary N) is 1. The van der Waals surface area contributed by atoms with Crippen molar-refractivity contribution in [2.45, 2.75) is 32.2 Å². The number of pyridine rings is 1. The maximum Gasteiger partial charge on any atom is 0.220 e. The third-order valence-corrected chi connectivity index (χ3v) is 6.25. The van der Waals surface area contributed by atoms with Crippen molar-refractivity contribution >= 4 is 52.2 Å². The van der Waals surface area contributed by atoms with Crippen molar-refractivity contribution in [1.29, 1.82) is 0 Å². The highest BCUT2D eigenvalue weighted by Gasteiger charge is 2.17. The summed E-state index contributed by atoms with van der Waals surface area (Å²) in [5, 5.41) is 14.7. The summed E-state index contributed by atoms with van der Waals surface area (Å²) in [4.78, 5) is 11.8. The number of nitrogens with two attached hydrogens (primary N) is 1. The first-order chi connectivity index (χ1) is 16.5. The van der Waals surface area contributed by atoms with Gasteiger partial charge in [-0.2, -0.15) is 4.57 Å². The van der Waals surface area contributed by atoms with Crippen LogP contribution in [0.2, 0.25) is 10.0 Å². The summed E-state index contributed by atoms with van der Waals surface area (Å²) in [5.74, 6) is 0.128. The number of carbonyl (C=O) groups is 1. The standard InChI is InChI=1S/C26H29Cl2N3O3/c1-34-23-17-21(27)20(25(28)26(23)33)13-12-19-11-10-18-7-4-5-8-22(18)31(19)16-6-2-3-9-24(32)30-15-14-29/h4-5,7-8,10-13,17H,2-3,6,9,14-16,29H2,1H3,(H-,30,32,33)/p+1/b13-12+. The third kappa shape index (κ3) is 6.41. The lowest BCUT2D eigenvalue weighted by Crippen LogP contribution is -2.38. The van der Waals surface area contributed by atoms with Gasteiger partial charge in [-0.25, -0.2) is 0 Å². The number of phenols is 1. The fourth-order valence-electron chi connectivity index (χ4n) is 3.78. The van der Waals surface area contributed by atoms with E-state index in [4.69, 9.17) is 33.7 Å². The fraction of sp³-hybridized carbons (Fsp3) is 0.308. The number of hydrogen-bond acceptors (Lipinski definition) is 4. The van der Waals surface area contributed by atoms with Crippen LogP contribution in [0.1, 0.15) is 36.9 Å². The zero-order valence-corrected chi connectivity index (χ0v) is 20.7. The number of para-hydroxylation sites is 1. The maximum absolute atomic E-state index is 11.8.